The summed E-state index contributed by atoms with van der Waals surface area (Å²) in [5, 5.41) is 9.32. The van der Waals surface area contributed by atoms with Crippen LogP contribution in [-0.4, -0.2) is 0 Å². The molecule has 1 atom stereocenters. The second-order valence-electron chi connectivity index (χ2n) is 4.67. The zero-order valence-corrected chi connectivity index (χ0v) is 9.52. The molecular weight excluding hydrogens is 196 g/mol. The van der Waals surface area contributed by atoms with Crippen molar-refractivity contribution in [1.29, 1.82) is 5.26 Å². The van der Waals surface area contributed by atoms with E-state index in [1.165, 1.54) is 32.1 Å². The summed E-state index contributed by atoms with van der Waals surface area (Å²) in [6, 6.07) is 10.2. The van der Waals surface area contributed by atoms with Crippen molar-refractivity contribution in [1.82, 2.24) is 0 Å². The van der Waals surface area contributed by atoms with Crippen molar-refractivity contribution in [2.45, 2.75) is 38.0 Å². The number of benzene rings is 1. The van der Waals surface area contributed by atoms with Crippen LogP contribution in [0.4, 0.5) is 5.69 Å². The molecule has 0 aromatic heterocycles. The van der Waals surface area contributed by atoms with E-state index in [1.807, 2.05) is 24.3 Å². The fourth-order valence-electron chi connectivity index (χ4n) is 2.62. The molecule has 1 fully saturated rings. The molecule has 2 rings (SSSR count). The number of hydrogen-bond acceptors (Lipinski definition) is 2. The second-order valence-corrected chi connectivity index (χ2v) is 4.67. The second kappa shape index (κ2) is 5.03. The quantitative estimate of drug-likeness (QED) is 0.766. The Morgan fingerprint density at radius 1 is 1.12 bits per heavy atom. The first-order valence-electron chi connectivity index (χ1n) is 6.06. The lowest BCUT2D eigenvalue weighted by molar-refractivity contribution is 0.335. The third-order valence-electron chi connectivity index (χ3n) is 3.56. The SMILES string of the molecule is N#CC(c1ccc(N)cc1)C1CCCCC1. The molecule has 0 spiro atoms. The number of nitriles is 1. The monoisotopic (exact) mass is 214 g/mol. The summed E-state index contributed by atoms with van der Waals surface area (Å²) in [6.07, 6.45) is 6.28. The normalized spacial score (nSPS) is 18.9. The summed E-state index contributed by atoms with van der Waals surface area (Å²) in [6.45, 7) is 0. The molecule has 1 unspecified atom stereocenters. The summed E-state index contributed by atoms with van der Waals surface area (Å²) >= 11 is 0. The van der Waals surface area contributed by atoms with Gasteiger partial charge in [-0.3, -0.25) is 0 Å². The molecule has 0 aliphatic heterocycles. The van der Waals surface area contributed by atoms with E-state index >= 15 is 0 Å². The van der Waals surface area contributed by atoms with Crippen molar-refractivity contribution in [3.05, 3.63) is 29.8 Å². The van der Waals surface area contributed by atoms with Crippen molar-refractivity contribution in [2.75, 3.05) is 5.73 Å². The fraction of sp³-hybridized carbons (Fsp3) is 0.500. The number of nitrogens with two attached hydrogens (primary N) is 1. The van der Waals surface area contributed by atoms with Crippen LogP contribution in [0.2, 0.25) is 0 Å². The number of rotatable bonds is 2. The van der Waals surface area contributed by atoms with E-state index in [1.54, 1.807) is 0 Å². The average Bonchev–Trinajstić information content (AvgIpc) is 2.34. The van der Waals surface area contributed by atoms with Gasteiger partial charge in [0.2, 0.25) is 0 Å². The van der Waals surface area contributed by atoms with E-state index < -0.39 is 0 Å². The zero-order valence-electron chi connectivity index (χ0n) is 9.52. The van der Waals surface area contributed by atoms with E-state index in [0.717, 1.165) is 11.3 Å². The summed E-state index contributed by atoms with van der Waals surface area (Å²) in [4.78, 5) is 0. The van der Waals surface area contributed by atoms with Crippen LogP contribution in [0.25, 0.3) is 0 Å². The van der Waals surface area contributed by atoms with Crippen LogP contribution in [0, 0.1) is 17.2 Å². The average molecular weight is 214 g/mol. The van der Waals surface area contributed by atoms with Crippen molar-refractivity contribution in [2.24, 2.45) is 5.92 Å². The maximum absolute atomic E-state index is 9.32. The molecule has 2 heteroatoms. The maximum Gasteiger partial charge on any atom is 0.0740 e. The van der Waals surface area contributed by atoms with E-state index in [2.05, 4.69) is 6.07 Å². The van der Waals surface area contributed by atoms with Gasteiger partial charge in [0.25, 0.3) is 0 Å². The fourth-order valence-corrected chi connectivity index (χ4v) is 2.62. The van der Waals surface area contributed by atoms with Gasteiger partial charge in [0.05, 0.1) is 12.0 Å². The number of nitrogen functional groups attached to an aromatic ring is 1. The Morgan fingerprint density at radius 2 is 1.75 bits per heavy atom. The van der Waals surface area contributed by atoms with Gasteiger partial charge in [0, 0.05) is 5.69 Å². The smallest absolute Gasteiger partial charge is 0.0740 e. The maximum atomic E-state index is 9.32. The van der Waals surface area contributed by atoms with Crippen molar-refractivity contribution >= 4 is 5.69 Å². The highest BCUT2D eigenvalue weighted by Crippen LogP contribution is 2.35. The Morgan fingerprint density at radius 3 is 2.31 bits per heavy atom. The van der Waals surface area contributed by atoms with Crippen molar-refractivity contribution in [3.63, 3.8) is 0 Å². The molecule has 0 bridgehead atoms. The molecule has 1 aliphatic rings. The van der Waals surface area contributed by atoms with Crippen molar-refractivity contribution < 1.29 is 0 Å². The van der Waals surface area contributed by atoms with Gasteiger partial charge in [0.1, 0.15) is 0 Å². The molecule has 1 aromatic rings. The predicted molar refractivity (Wildman–Crippen MR) is 65.8 cm³/mol. The zero-order chi connectivity index (χ0) is 11.4. The molecule has 1 aliphatic carbocycles. The highest BCUT2D eigenvalue weighted by molar-refractivity contribution is 5.41. The third-order valence-corrected chi connectivity index (χ3v) is 3.56. The highest BCUT2D eigenvalue weighted by atomic mass is 14.5. The lowest BCUT2D eigenvalue weighted by atomic mass is 9.77. The van der Waals surface area contributed by atoms with Gasteiger partial charge in [-0.15, -0.1) is 0 Å². The van der Waals surface area contributed by atoms with Gasteiger partial charge < -0.3 is 5.73 Å². The van der Waals surface area contributed by atoms with Gasteiger partial charge in [-0.05, 0) is 36.5 Å². The molecule has 1 saturated carbocycles. The topological polar surface area (TPSA) is 49.8 Å². The lowest BCUT2D eigenvalue weighted by Crippen LogP contribution is -2.15. The lowest BCUT2D eigenvalue weighted by Gasteiger charge is -2.26. The van der Waals surface area contributed by atoms with Gasteiger partial charge in [0.15, 0.2) is 0 Å². The Hall–Kier alpha value is -1.49. The van der Waals surface area contributed by atoms with Crippen LogP contribution in [0.3, 0.4) is 0 Å². The first kappa shape index (κ1) is 11.0. The third kappa shape index (κ3) is 2.36. The van der Waals surface area contributed by atoms with E-state index in [0.29, 0.717) is 5.92 Å². The van der Waals surface area contributed by atoms with Gasteiger partial charge in [-0.2, -0.15) is 5.26 Å². The molecule has 0 amide bonds. The van der Waals surface area contributed by atoms with Gasteiger partial charge in [-0.25, -0.2) is 0 Å². The van der Waals surface area contributed by atoms with Crippen molar-refractivity contribution in [3.8, 4) is 6.07 Å². The van der Waals surface area contributed by atoms with Crippen LogP contribution >= 0.6 is 0 Å². The van der Waals surface area contributed by atoms with Crippen LogP contribution in [0.1, 0.15) is 43.6 Å². The Balaban J connectivity index is 2.15. The molecule has 16 heavy (non-hydrogen) atoms. The molecule has 0 radical (unpaired) electrons. The van der Waals surface area contributed by atoms with Crippen LogP contribution in [0.15, 0.2) is 24.3 Å². The standard InChI is InChI=1S/C14H18N2/c15-10-14(11-4-2-1-3-5-11)12-6-8-13(16)9-7-12/h6-9,11,14H,1-5,16H2. The summed E-state index contributed by atoms with van der Waals surface area (Å²) in [5.41, 5.74) is 7.56. The molecule has 84 valence electrons. The Bertz CT molecular complexity index is 369. The van der Waals surface area contributed by atoms with Crippen LogP contribution in [0.5, 0.6) is 0 Å². The minimum absolute atomic E-state index is 0.0564. The van der Waals surface area contributed by atoms with Crippen LogP contribution in [-0.2, 0) is 0 Å². The minimum atomic E-state index is 0.0564. The molecule has 0 heterocycles. The Labute approximate surface area is 97.1 Å². The van der Waals surface area contributed by atoms with E-state index in [9.17, 15) is 5.26 Å². The largest absolute Gasteiger partial charge is 0.399 e. The number of nitrogens with zero attached hydrogens (tertiary/aromatic N) is 1. The van der Waals surface area contributed by atoms with Gasteiger partial charge >= 0.3 is 0 Å². The Kier molecular flexibility index (Phi) is 3.46. The first-order valence-corrected chi connectivity index (χ1v) is 6.06. The molecule has 1 aromatic carbocycles. The highest BCUT2D eigenvalue weighted by Gasteiger charge is 2.24. The molecular formula is C14H18N2. The van der Waals surface area contributed by atoms with Crippen LogP contribution < -0.4 is 5.73 Å². The molecule has 2 N–H and O–H groups in total. The first-order chi connectivity index (χ1) is 7.81. The summed E-state index contributed by atoms with van der Waals surface area (Å²) < 4.78 is 0. The number of anilines is 1. The summed E-state index contributed by atoms with van der Waals surface area (Å²) in [7, 11) is 0. The number of hydrogen-bond donors (Lipinski definition) is 1. The van der Waals surface area contributed by atoms with E-state index in [-0.39, 0.29) is 5.92 Å². The molecule has 0 saturated heterocycles. The predicted octanol–water partition coefficient (Wildman–Crippen LogP) is 3.46. The molecule has 2 nitrogen and oxygen atoms in total. The van der Waals surface area contributed by atoms with E-state index in [4.69, 9.17) is 5.73 Å². The minimum Gasteiger partial charge on any atom is -0.399 e. The van der Waals surface area contributed by atoms with Gasteiger partial charge in [-0.1, -0.05) is 31.4 Å². The summed E-state index contributed by atoms with van der Waals surface area (Å²) in [5.74, 6) is 0.600.